The second-order valence-electron chi connectivity index (χ2n) is 5.34. The van der Waals surface area contributed by atoms with Crippen LogP contribution in [0.1, 0.15) is 5.69 Å². The molecule has 0 spiro atoms. The summed E-state index contributed by atoms with van der Waals surface area (Å²) in [4.78, 5) is 0. The number of aromatic nitrogens is 1. The van der Waals surface area contributed by atoms with E-state index in [-0.39, 0.29) is 5.82 Å². The Morgan fingerprint density at radius 2 is 1.41 bits per heavy atom. The smallest absolute Gasteiger partial charge is 0.207 e. The number of hydrogen-bond donors (Lipinski definition) is 0. The second-order valence-corrected chi connectivity index (χ2v) is 6.59. The monoisotopic (exact) mass is 404 g/mol. The summed E-state index contributed by atoms with van der Waals surface area (Å²) < 4.78 is 16.5. The number of rotatable bonds is 2. The summed E-state index contributed by atoms with van der Waals surface area (Å²) in [7, 11) is 2.03. The van der Waals surface area contributed by atoms with Gasteiger partial charge in [-0.05, 0) is 70.1 Å². The van der Waals surface area contributed by atoms with Crippen molar-refractivity contribution in [2.24, 2.45) is 7.05 Å². The van der Waals surface area contributed by atoms with E-state index in [1.165, 1.54) is 26.8 Å². The molecule has 110 valence electrons. The summed E-state index contributed by atoms with van der Waals surface area (Å²) in [5, 5.41) is 0. The molecule has 1 aromatic heterocycles. The van der Waals surface area contributed by atoms with E-state index in [9.17, 15) is 4.39 Å². The average Bonchev–Trinajstić information content (AvgIpc) is 2.52. The zero-order valence-electron chi connectivity index (χ0n) is 12.5. The van der Waals surface area contributed by atoms with Crippen molar-refractivity contribution < 1.29 is 8.96 Å². The minimum atomic E-state index is -0.211. The number of hydrogen-bond acceptors (Lipinski definition) is 0. The number of nitrogens with zero attached hydrogens (tertiary/aromatic N) is 1. The first-order valence-corrected chi connectivity index (χ1v) is 8.15. The Morgan fingerprint density at radius 3 is 2.05 bits per heavy atom. The molecular formula is C19H16FIN+. The molecule has 0 aliphatic carbocycles. The number of aryl methyl sites for hydroxylation is 1. The fourth-order valence-electron chi connectivity index (χ4n) is 2.50. The number of halogens is 2. The van der Waals surface area contributed by atoms with Crippen molar-refractivity contribution in [2.75, 3.05) is 0 Å². The molecule has 0 N–H and O–H groups in total. The van der Waals surface area contributed by atoms with Gasteiger partial charge in [-0.1, -0.05) is 12.1 Å². The first-order valence-electron chi connectivity index (χ1n) is 7.07. The second kappa shape index (κ2) is 6.16. The molecule has 0 radical (unpaired) electrons. The lowest BCUT2D eigenvalue weighted by molar-refractivity contribution is -0.666. The van der Waals surface area contributed by atoms with Crippen LogP contribution in [0.2, 0.25) is 0 Å². The van der Waals surface area contributed by atoms with Gasteiger partial charge in [0.05, 0.1) is 0 Å². The molecule has 1 heterocycles. The Labute approximate surface area is 143 Å². The number of pyridine rings is 1. The predicted octanol–water partition coefficient (Wildman–Crippen LogP) is 4.90. The van der Waals surface area contributed by atoms with Crippen molar-refractivity contribution in [3.63, 3.8) is 0 Å². The third kappa shape index (κ3) is 3.04. The third-order valence-electron chi connectivity index (χ3n) is 3.86. The SMILES string of the molecule is Cc1cc(-c2ccc(I)cc2)cc(-c2ccc(F)cc2)[n+]1C. The fraction of sp³-hybridized carbons (Fsp3) is 0.105. The highest BCUT2D eigenvalue weighted by Gasteiger charge is 2.15. The zero-order valence-corrected chi connectivity index (χ0v) is 14.6. The minimum absolute atomic E-state index is 0.211. The van der Waals surface area contributed by atoms with Gasteiger partial charge in [-0.25, -0.2) is 4.39 Å². The lowest BCUT2D eigenvalue weighted by atomic mass is 10.0. The highest BCUT2D eigenvalue weighted by atomic mass is 127. The molecule has 0 amide bonds. The van der Waals surface area contributed by atoms with Crippen LogP contribution in [0, 0.1) is 16.3 Å². The molecular weight excluding hydrogens is 388 g/mol. The maximum absolute atomic E-state index is 13.2. The van der Waals surface area contributed by atoms with Crippen LogP contribution in [0.15, 0.2) is 60.7 Å². The minimum Gasteiger partial charge on any atom is -0.207 e. The van der Waals surface area contributed by atoms with Gasteiger partial charge in [-0.2, -0.15) is 4.57 Å². The maximum Gasteiger partial charge on any atom is 0.213 e. The van der Waals surface area contributed by atoms with Crippen LogP contribution in [-0.2, 0) is 7.05 Å². The van der Waals surface area contributed by atoms with E-state index in [0.29, 0.717) is 0 Å². The van der Waals surface area contributed by atoms with Gasteiger partial charge in [0.2, 0.25) is 5.69 Å². The van der Waals surface area contributed by atoms with Crippen molar-refractivity contribution in [2.45, 2.75) is 6.92 Å². The lowest BCUT2D eigenvalue weighted by Gasteiger charge is -2.08. The van der Waals surface area contributed by atoms with Crippen molar-refractivity contribution in [3.05, 3.63) is 75.7 Å². The summed E-state index contributed by atoms with van der Waals surface area (Å²) in [6.07, 6.45) is 0. The highest BCUT2D eigenvalue weighted by molar-refractivity contribution is 14.1. The molecule has 0 atom stereocenters. The van der Waals surface area contributed by atoms with E-state index in [2.05, 4.69) is 70.5 Å². The summed E-state index contributed by atoms with van der Waals surface area (Å²) in [5.41, 5.74) is 5.61. The predicted molar refractivity (Wildman–Crippen MR) is 95.9 cm³/mol. The van der Waals surface area contributed by atoms with Crippen LogP contribution in [0.25, 0.3) is 22.4 Å². The summed E-state index contributed by atoms with van der Waals surface area (Å²) >= 11 is 2.31. The van der Waals surface area contributed by atoms with Crippen LogP contribution < -0.4 is 4.57 Å². The summed E-state index contributed by atoms with van der Waals surface area (Å²) in [5.74, 6) is -0.211. The molecule has 0 aliphatic rings. The molecule has 22 heavy (non-hydrogen) atoms. The molecule has 0 fully saturated rings. The first-order chi connectivity index (χ1) is 10.5. The van der Waals surface area contributed by atoms with Gasteiger partial charge in [0.1, 0.15) is 12.9 Å². The van der Waals surface area contributed by atoms with Crippen LogP contribution in [-0.4, -0.2) is 0 Å². The zero-order chi connectivity index (χ0) is 15.7. The summed E-state index contributed by atoms with van der Waals surface area (Å²) in [6.45, 7) is 2.09. The molecule has 3 rings (SSSR count). The Bertz CT molecular complexity index is 808. The van der Waals surface area contributed by atoms with Gasteiger partial charge in [0.15, 0.2) is 5.69 Å². The molecule has 0 aliphatic heterocycles. The molecule has 0 saturated heterocycles. The molecule has 0 saturated carbocycles. The van der Waals surface area contributed by atoms with Gasteiger partial charge in [-0.3, -0.25) is 0 Å². The standard InChI is InChI=1S/C19H16FIN/c1-13-11-16(14-5-9-18(21)10-6-14)12-19(22(13)2)15-3-7-17(20)8-4-15/h3-12H,1-2H3/q+1. The summed E-state index contributed by atoms with van der Waals surface area (Å²) in [6, 6.07) is 19.5. The molecule has 3 aromatic rings. The van der Waals surface area contributed by atoms with E-state index in [1.54, 1.807) is 0 Å². The number of benzene rings is 2. The van der Waals surface area contributed by atoms with E-state index in [4.69, 9.17) is 0 Å². The van der Waals surface area contributed by atoms with Crippen LogP contribution in [0.5, 0.6) is 0 Å². The van der Waals surface area contributed by atoms with Crippen molar-refractivity contribution in [1.29, 1.82) is 0 Å². The first kappa shape index (κ1) is 15.2. The highest BCUT2D eigenvalue weighted by Crippen LogP contribution is 2.25. The third-order valence-corrected chi connectivity index (χ3v) is 4.58. The van der Waals surface area contributed by atoms with E-state index >= 15 is 0 Å². The lowest BCUT2D eigenvalue weighted by Crippen LogP contribution is -2.34. The van der Waals surface area contributed by atoms with Gasteiger partial charge in [-0.15, -0.1) is 0 Å². The Kier molecular flexibility index (Phi) is 4.25. The Balaban J connectivity index is 2.14. The van der Waals surface area contributed by atoms with E-state index in [1.807, 2.05) is 19.2 Å². The van der Waals surface area contributed by atoms with Gasteiger partial charge < -0.3 is 0 Å². The normalized spacial score (nSPS) is 10.7. The Hall–Kier alpha value is -1.75. The van der Waals surface area contributed by atoms with Crippen molar-refractivity contribution in [3.8, 4) is 22.4 Å². The van der Waals surface area contributed by atoms with E-state index in [0.717, 1.165) is 17.0 Å². The van der Waals surface area contributed by atoms with Crippen LogP contribution in [0.4, 0.5) is 4.39 Å². The van der Waals surface area contributed by atoms with Gasteiger partial charge in [0.25, 0.3) is 0 Å². The fourth-order valence-corrected chi connectivity index (χ4v) is 2.86. The molecule has 2 aromatic carbocycles. The quantitative estimate of drug-likeness (QED) is 0.423. The van der Waals surface area contributed by atoms with Gasteiger partial charge >= 0.3 is 0 Å². The largest absolute Gasteiger partial charge is 0.213 e. The topological polar surface area (TPSA) is 3.88 Å². The maximum atomic E-state index is 13.2. The molecule has 3 heteroatoms. The van der Waals surface area contributed by atoms with Gasteiger partial charge in [0, 0.05) is 28.2 Å². The van der Waals surface area contributed by atoms with Crippen molar-refractivity contribution >= 4 is 22.6 Å². The average molecular weight is 404 g/mol. The molecule has 1 nitrogen and oxygen atoms in total. The van der Waals surface area contributed by atoms with Crippen LogP contribution in [0.3, 0.4) is 0 Å². The Morgan fingerprint density at radius 1 is 0.818 bits per heavy atom. The van der Waals surface area contributed by atoms with Crippen LogP contribution >= 0.6 is 22.6 Å². The molecule has 0 bridgehead atoms. The van der Waals surface area contributed by atoms with Crippen molar-refractivity contribution in [1.82, 2.24) is 0 Å². The molecule has 0 unspecified atom stereocenters. The van der Waals surface area contributed by atoms with E-state index < -0.39 is 0 Å².